The van der Waals surface area contributed by atoms with E-state index in [1.807, 2.05) is 30.5 Å². The molecule has 1 N–H and O–H groups in total. The van der Waals surface area contributed by atoms with Crippen LogP contribution in [0.2, 0.25) is 5.02 Å². The number of benzene rings is 1. The van der Waals surface area contributed by atoms with Gasteiger partial charge in [-0.25, -0.2) is 4.98 Å². The first-order valence-corrected chi connectivity index (χ1v) is 9.79. The fourth-order valence-electron chi connectivity index (χ4n) is 3.74. The number of amides is 1. The number of pyridine rings is 1. The molecular formula is C21H24ClN3O. The van der Waals surface area contributed by atoms with Crippen LogP contribution in [0.1, 0.15) is 43.2 Å². The van der Waals surface area contributed by atoms with E-state index in [1.165, 1.54) is 19.3 Å². The molecule has 0 unspecified atom stereocenters. The van der Waals surface area contributed by atoms with Gasteiger partial charge in [-0.3, -0.25) is 4.79 Å². The number of nitrogens with zero attached hydrogens (tertiary/aromatic N) is 2. The molecule has 136 valence electrons. The molecule has 0 radical (unpaired) electrons. The molecule has 0 bridgehead atoms. The first-order chi connectivity index (χ1) is 12.7. The predicted molar refractivity (Wildman–Crippen MR) is 105 cm³/mol. The molecule has 1 aromatic heterocycles. The van der Waals surface area contributed by atoms with Crippen molar-refractivity contribution in [1.82, 2.24) is 10.3 Å². The maximum absolute atomic E-state index is 12.7. The third kappa shape index (κ3) is 3.56. The Morgan fingerprint density at radius 2 is 1.96 bits per heavy atom. The summed E-state index contributed by atoms with van der Waals surface area (Å²) in [5.41, 5.74) is 1.65. The predicted octanol–water partition coefficient (Wildman–Crippen LogP) is 4.07. The van der Waals surface area contributed by atoms with Gasteiger partial charge in [-0.2, -0.15) is 0 Å². The molecule has 2 fully saturated rings. The van der Waals surface area contributed by atoms with Crippen LogP contribution in [-0.2, 0) is 16.8 Å². The van der Waals surface area contributed by atoms with Crippen molar-refractivity contribution in [2.24, 2.45) is 0 Å². The quantitative estimate of drug-likeness (QED) is 0.863. The van der Waals surface area contributed by atoms with Crippen molar-refractivity contribution in [3.05, 3.63) is 58.7 Å². The minimum Gasteiger partial charge on any atom is -0.357 e. The highest BCUT2D eigenvalue weighted by Gasteiger charge is 2.51. The van der Waals surface area contributed by atoms with Gasteiger partial charge in [0.2, 0.25) is 5.91 Å². The summed E-state index contributed by atoms with van der Waals surface area (Å²) in [6, 6.07) is 11.8. The molecule has 1 saturated heterocycles. The maximum atomic E-state index is 12.7. The van der Waals surface area contributed by atoms with Gasteiger partial charge >= 0.3 is 0 Å². The average molecular weight is 370 g/mol. The molecule has 1 saturated carbocycles. The fraction of sp³-hybridized carbons (Fsp3) is 0.429. The van der Waals surface area contributed by atoms with Gasteiger partial charge in [-0.1, -0.05) is 29.8 Å². The molecule has 1 aliphatic heterocycles. The largest absolute Gasteiger partial charge is 0.357 e. The van der Waals surface area contributed by atoms with E-state index in [1.54, 1.807) is 0 Å². The number of carbonyl (C=O) groups is 1. The van der Waals surface area contributed by atoms with Gasteiger partial charge in [0.25, 0.3) is 0 Å². The number of rotatable bonds is 5. The number of piperidine rings is 1. The minimum absolute atomic E-state index is 0.0832. The van der Waals surface area contributed by atoms with Gasteiger partial charge in [-0.05, 0) is 61.4 Å². The smallest absolute Gasteiger partial charge is 0.230 e. The summed E-state index contributed by atoms with van der Waals surface area (Å²) in [6.45, 7) is 2.69. The summed E-state index contributed by atoms with van der Waals surface area (Å²) in [4.78, 5) is 19.7. The number of carbonyl (C=O) groups excluding carboxylic acids is 1. The first kappa shape index (κ1) is 17.3. The fourth-order valence-corrected chi connectivity index (χ4v) is 3.93. The lowest BCUT2D eigenvalue weighted by Gasteiger charge is -2.27. The zero-order valence-electron chi connectivity index (χ0n) is 14.9. The summed E-state index contributed by atoms with van der Waals surface area (Å²) < 4.78 is 0. The topological polar surface area (TPSA) is 45.2 Å². The molecule has 2 aromatic rings. The van der Waals surface area contributed by atoms with E-state index >= 15 is 0 Å². The van der Waals surface area contributed by atoms with E-state index in [0.29, 0.717) is 11.6 Å². The summed E-state index contributed by atoms with van der Waals surface area (Å²) in [5.74, 6) is 1.12. The van der Waals surface area contributed by atoms with Gasteiger partial charge < -0.3 is 10.2 Å². The van der Waals surface area contributed by atoms with E-state index in [-0.39, 0.29) is 5.91 Å². The second-order valence-corrected chi connectivity index (χ2v) is 7.78. The standard InChI is InChI=1S/C21H24ClN3O/c22-18-6-4-5-17(13-18)21(9-10-21)20(26)24-15-16-7-8-19(23-14-16)25-11-2-1-3-12-25/h4-8,13-14H,1-3,9-12,15H2,(H,24,26). The number of aromatic nitrogens is 1. The molecule has 5 heteroatoms. The summed E-state index contributed by atoms with van der Waals surface area (Å²) in [5, 5.41) is 3.76. The Balaban J connectivity index is 1.37. The number of halogens is 1. The van der Waals surface area contributed by atoms with Crippen molar-refractivity contribution >= 4 is 23.3 Å². The van der Waals surface area contributed by atoms with Crippen LogP contribution in [0.15, 0.2) is 42.6 Å². The molecule has 4 rings (SSSR count). The number of hydrogen-bond acceptors (Lipinski definition) is 3. The molecule has 26 heavy (non-hydrogen) atoms. The SMILES string of the molecule is O=C(NCc1ccc(N2CCCCC2)nc1)C1(c2cccc(Cl)c2)CC1. The Morgan fingerprint density at radius 3 is 2.62 bits per heavy atom. The van der Waals surface area contributed by atoms with E-state index in [9.17, 15) is 4.79 Å². The Morgan fingerprint density at radius 1 is 1.15 bits per heavy atom. The highest BCUT2D eigenvalue weighted by atomic mass is 35.5. The Hall–Kier alpha value is -2.07. The van der Waals surface area contributed by atoms with Crippen molar-refractivity contribution in [1.29, 1.82) is 0 Å². The average Bonchev–Trinajstić information content (AvgIpc) is 3.49. The summed E-state index contributed by atoms with van der Waals surface area (Å²) >= 11 is 6.09. The summed E-state index contributed by atoms with van der Waals surface area (Å²) in [6.07, 6.45) is 7.44. The number of nitrogens with one attached hydrogen (secondary N) is 1. The van der Waals surface area contributed by atoms with Gasteiger partial charge in [0.05, 0.1) is 5.41 Å². The van der Waals surface area contributed by atoms with Crippen LogP contribution in [0.25, 0.3) is 0 Å². The maximum Gasteiger partial charge on any atom is 0.230 e. The molecule has 4 nitrogen and oxygen atoms in total. The van der Waals surface area contributed by atoms with Gasteiger partial charge in [0.15, 0.2) is 0 Å². The molecule has 0 spiro atoms. The lowest BCUT2D eigenvalue weighted by atomic mass is 9.95. The molecule has 2 heterocycles. The van der Waals surface area contributed by atoms with Gasteiger partial charge in [0.1, 0.15) is 5.82 Å². The van der Waals surface area contributed by atoms with Crippen LogP contribution in [0, 0.1) is 0 Å². The third-order valence-corrected chi connectivity index (χ3v) is 5.74. The third-order valence-electron chi connectivity index (χ3n) is 5.50. The van der Waals surface area contributed by atoms with Crippen LogP contribution >= 0.6 is 11.6 Å². The van der Waals surface area contributed by atoms with E-state index in [2.05, 4.69) is 27.3 Å². The monoisotopic (exact) mass is 369 g/mol. The number of anilines is 1. The van der Waals surface area contributed by atoms with Crippen LogP contribution in [-0.4, -0.2) is 24.0 Å². The Kier molecular flexibility index (Phi) is 4.86. The Bertz CT molecular complexity index is 780. The minimum atomic E-state index is -0.397. The zero-order chi connectivity index (χ0) is 18.0. The van der Waals surface area contributed by atoms with Crippen LogP contribution in [0.5, 0.6) is 0 Å². The van der Waals surface area contributed by atoms with E-state index < -0.39 is 5.41 Å². The lowest BCUT2D eigenvalue weighted by molar-refractivity contribution is -0.123. The van der Waals surface area contributed by atoms with Gasteiger partial charge in [-0.15, -0.1) is 0 Å². The van der Waals surface area contributed by atoms with Crippen LogP contribution in [0.3, 0.4) is 0 Å². The normalized spacial score (nSPS) is 18.4. The molecule has 1 aliphatic carbocycles. The second-order valence-electron chi connectivity index (χ2n) is 7.35. The first-order valence-electron chi connectivity index (χ1n) is 9.42. The Labute approximate surface area is 159 Å². The highest BCUT2D eigenvalue weighted by molar-refractivity contribution is 6.30. The van der Waals surface area contributed by atoms with Crippen LogP contribution in [0.4, 0.5) is 5.82 Å². The molecule has 1 aromatic carbocycles. The summed E-state index contributed by atoms with van der Waals surface area (Å²) in [7, 11) is 0. The van der Waals surface area contributed by atoms with Crippen LogP contribution < -0.4 is 10.2 Å². The van der Waals surface area contributed by atoms with Crippen molar-refractivity contribution in [3.63, 3.8) is 0 Å². The van der Waals surface area contributed by atoms with Crippen molar-refractivity contribution in [2.75, 3.05) is 18.0 Å². The number of hydrogen-bond donors (Lipinski definition) is 1. The van der Waals surface area contributed by atoms with Crippen molar-refractivity contribution < 1.29 is 4.79 Å². The molecular weight excluding hydrogens is 346 g/mol. The molecule has 2 aliphatic rings. The molecule has 0 atom stereocenters. The van der Waals surface area contributed by atoms with Crippen molar-refractivity contribution in [3.8, 4) is 0 Å². The zero-order valence-corrected chi connectivity index (χ0v) is 15.6. The second kappa shape index (κ2) is 7.28. The van der Waals surface area contributed by atoms with Gasteiger partial charge in [0, 0.05) is 30.9 Å². The highest BCUT2D eigenvalue weighted by Crippen LogP contribution is 2.48. The van der Waals surface area contributed by atoms with E-state index in [0.717, 1.165) is 42.9 Å². The van der Waals surface area contributed by atoms with E-state index in [4.69, 9.17) is 11.6 Å². The van der Waals surface area contributed by atoms with Crippen molar-refractivity contribution in [2.45, 2.75) is 44.1 Å². The molecule has 1 amide bonds. The lowest BCUT2D eigenvalue weighted by Crippen LogP contribution is -2.34.